The first-order chi connectivity index (χ1) is 14.2. The van der Waals surface area contributed by atoms with Crippen molar-refractivity contribution in [2.75, 3.05) is 7.11 Å². The number of rotatable bonds is 6. The van der Waals surface area contributed by atoms with Gasteiger partial charge in [0.2, 0.25) is 0 Å². The topological polar surface area (TPSA) is 48.4 Å². The van der Waals surface area contributed by atoms with Gasteiger partial charge < -0.3 is 9.47 Å². The molecular formula is C23H19NO3S2. The molecule has 4 nitrogen and oxygen atoms in total. The van der Waals surface area contributed by atoms with Crippen LogP contribution in [-0.4, -0.2) is 18.1 Å². The Balaban J connectivity index is 1.47. The Kier molecular flexibility index (Phi) is 5.74. The summed E-state index contributed by atoms with van der Waals surface area (Å²) in [5.74, 6) is 0.439. The summed E-state index contributed by atoms with van der Waals surface area (Å²) in [7, 11) is 1.64. The van der Waals surface area contributed by atoms with E-state index < -0.39 is 0 Å². The molecule has 0 atom stereocenters. The Labute approximate surface area is 177 Å². The number of carbonyl (C=O) groups is 1. The van der Waals surface area contributed by atoms with Crippen molar-refractivity contribution in [2.24, 2.45) is 0 Å². The number of thiophene rings is 1. The number of ether oxygens (including phenoxy) is 2. The molecule has 0 amide bonds. The van der Waals surface area contributed by atoms with Gasteiger partial charge >= 0.3 is 5.97 Å². The number of methoxy groups -OCH3 is 1. The highest BCUT2D eigenvalue weighted by Crippen LogP contribution is 2.32. The van der Waals surface area contributed by atoms with Gasteiger partial charge in [0.25, 0.3) is 0 Å². The Morgan fingerprint density at radius 2 is 1.79 bits per heavy atom. The van der Waals surface area contributed by atoms with Crippen LogP contribution in [0.2, 0.25) is 0 Å². The average molecular weight is 422 g/mol. The molecular weight excluding hydrogens is 402 g/mol. The predicted molar refractivity (Wildman–Crippen MR) is 118 cm³/mol. The van der Waals surface area contributed by atoms with Gasteiger partial charge in [-0.1, -0.05) is 42.0 Å². The summed E-state index contributed by atoms with van der Waals surface area (Å²) >= 11 is 2.89. The molecule has 146 valence electrons. The summed E-state index contributed by atoms with van der Waals surface area (Å²) < 4.78 is 10.9. The smallest absolute Gasteiger partial charge is 0.349 e. The molecule has 0 aliphatic heterocycles. The monoisotopic (exact) mass is 421 g/mol. The van der Waals surface area contributed by atoms with Crippen molar-refractivity contribution in [2.45, 2.75) is 13.5 Å². The van der Waals surface area contributed by atoms with Crippen molar-refractivity contribution in [3.63, 3.8) is 0 Å². The summed E-state index contributed by atoms with van der Waals surface area (Å²) in [6.07, 6.45) is 0. The Bertz CT molecular complexity index is 1130. The fourth-order valence-electron chi connectivity index (χ4n) is 2.95. The summed E-state index contributed by atoms with van der Waals surface area (Å²) in [5, 5.41) is 4.66. The van der Waals surface area contributed by atoms with Gasteiger partial charge in [-0.05, 0) is 36.1 Å². The van der Waals surface area contributed by atoms with Crippen LogP contribution in [-0.2, 0) is 11.3 Å². The van der Waals surface area contributed by atoms with Crippen molar-refractivity contribution in [1.82, 2.24) is 4.98 Å². The van der Waals surface area contributed by atoms with Crippen LogP contribution in [0.15, 0.2) is 65.4 Å². The summed E-state index contributed by atoms with van der Waals surface area (Å²) in [4.78, 5) is 17.9. The lowest BCUT2D eigenvalue weighted by molar-refractivity contribution is 0.0475. The third kappa shape index (κ3) is 4.23. The van der Waals surface area contributed by atoms with E-state index in [9.17, 15) is 4.79 Å². The number of hydrogen-bond acceptors (Lipinski definition) is 6. The summed E-state index contributed by atoms with van der Waals surface area (Å²) in [6, 6.07) is 17.8. The Morgan fingerprint density at radius 1 is 1.00 bits per heavy atom. The fraction of sp³-hybridized carbons (Fsp3) is 0.130. The lowest BCUT2D eigenvalue weighted by Crippen LogP contribution is -2.04. The van der Waals surface area contributed by atoms with Crippen LogP contribution in [0.5, 0.6) is 5.75 Å². The molecule has 0 radical (unpaired) electrons. The SMILES string of the molecule is COc1ccccc1-c1nc(COC(=O)c2sccc2-c2ccc(C)cc2)cs1. The van der Waals surface area contributed by atoms with Crippen LogP contribution < -0.4 is 4.74 Å². The first-order valence-electron chi connectivity index (χ1n) is 9.05. The quantitative estimate of drug-likeness (QED) is 0.347. The standard InChI is InChI=1S/C23H19NO3S2/c1-15-7-9-16(10-8-15)18-11-12-28-21(18)23(25)27-13-17-14-29-22(24-17)19-5-3-4-6-20(19)26-2/h3-12,14H,13H2,1-2H3. The van der Waals surface area contributed by atoms with Crippen LogP contribution >= 0.6 is 22.7 Å². The summed E-state index contributed by atoms with van der Waals surface area (Å²) in [5.41, 5.74) is 4.74. The Hall–Kier alpha value is -2.96. The number of hydrogen-bond donors (Lipinski definition) is 0. The van der Waals surface area contributed by atoms with Crippen LogP contribution in [0, 0.1) is 6.92 Å². The number of esters is 1. The first kappa shape index (κ1) is 19.4. The summed E-state index contributed by atoms with van der Waals surface area (Å²) in [6.45, 7) is 2.18. The number of thiazole rings is 1. The Morgan fingerprint density at radius 3 is 2.59 bits per heavy atom. The number of benzene rings is 2. The second kappa shape index (κ2) is 8.59. The van der Waals surface area contributed by atoms with Gasteiger partial charge in [0.15, 0.2) is 0 Å². The highest BCUT2D eigenvalue weighted by atomic mass is 32.1. The number of aryl methyl sites for hydroxylation is 1. The van der Waals surface area contributed by atoms with Crippen LogP contribution in [0.25, 0.3) is 21.7 Å². The molecule has 0 fully saturated rings. The van der Waals surface area contributed by atoms with Crippen LogP contribution in [0.4, 0.5) is 0 Å². The maximum Gasteiger partial charge on any atom is 0.349 e. The molecule has 0 saturated heterocycles. The van der Waals surface area contributed by atoms with E-state index in [0.717, 1.165) is 33.1 Å². The van der Waals surface area contributed by atoms with Gasteiger partial charge in [-0.15, -0.1) is 22.7 Å². The molecule has 0 unspecified atom stereocenters. The second-order valence-corrected chi connectivity index (χ2v) is 8.22. The van der Waals surface area contributed by atoms with Gasteiger partial charge in [-0.2, -0.15) is 0 Å². The van der Waals surface area contributed by atoms with Crippen LogP contribution in [0.1, 0.15) is 20.9 Å². The van der Waals surface area contributed by atoms with E-state index >= 15 is 0 Å². The minimum Gasteiger partial charge on any atom is -0.496 e. The van der Waals surface area contributed by atoms with Crippen molar-refractivity contribution >= 4 is 28.6 Å². The largest absolute Gasteiger partial charge is 0.496 e. The zero-order valence-corrected chi connectivity index (χ0v) is 17.7. The van der Waals surface area contributed by atoms with E-state index in [1.54, 1.807) is 7.11 Å². The fourth-order valence-corrected chi connectivity index (χ4v) is 4.59. The molecule has 4 aromatic rings. The molecule has 2 aromatic heterocycles. The van der Waals surface area contributed by atoms with E-state index in [-0.39, 0.29) is 12.6 Å². The van der Waals surface area contributed by atoms with Gasteiger partial charge in [-0.25, -0.2) is 9.78 Å². The zero-order valence-electron chi connectivity index (χ0n) is 16.0. The van der Waals surface area contributed by atoms with E-state index in [4.69, 9.17) is 9.47 Å². The van der Waals surface area contributed by atoms with Crippen molar-refractivity contribution in [3.05, 3.63) is 81.5 Å². The minimum absolute atomic E-state index is 0.135. The van der Waals surface area contributed by atoms with E-state index in [2.05, 4.69) is 4.98 Å². The first-order valence-corrected chi connectivity index (χ1v) is 10.8. The number of carbonyl (C=O) groups excluding carboxylic acids is 1. The molecule has 0 aliphatic rings. The normalized spacial score (nSPS) is 10.7. The molecule has 0 aliphatic carbocycles. The molecule has 4 rings (SSSR count). The third-order valence-electron chi connectivity index (χ3n) is 4.45. The maximum absolute atomic E-state index is 12.7. The number of aromatic nitrogens is 1. The van der Waals surface area contributed by atoms with E-state index in [1.807, 2.05) is 72.3 Å². The highest BCUT2D eigenvalue weighted by molar-refractivity contribution is 7.13. The van der Waals surface area contributed by atoms with Gasteiger partial charge in [0, 0.05) is 10.9 Å². The molecule has 0 N–H and O–H groups in total. The molecule has 0 spiro atoms. The molecule has 0 saturated carbocycles. The minimum atomic E-state index is -0.331. The molecule has 2 heterocycles. The average Bonchev–Trinajstić information content (AvgIpc) is 3.42. The van der Waals surface area contributed by atoms with Crippen molar-refractivity contribution < 1.29 is 14.3 Å². The van der Waals surface area contributed by atoms with Gasteiger partial charge in [0.1, 0.15) is 22.2 Å². The van der Waals surface area contributed by atoms with Gasteiger partial charge in [-0.3, -0.25) is 0 Å². The lowest BCUT2D eigenvalue weighted by Gasteiger charge is -2.06. The number of para-hydroxylation sites is 1. The second-order valence-electron chi connectivity index (χ2n) is 6.45. The zero-order chi connectivity index (χ0) is 20.2. The molecule has 2 aromatic carbocycles. The van der Waals surface area contributed by atoms with E-state index in [1.165, 1.54) is 28.2 Å². The highest BCUT2D eigenvalue weighted by Gasteiger charge is 2.17. The maximum atomic E-state index is 12.7. The molecule has 29 heavy (non-hydrogen) atoms. The molecule has 6 heteroatoms. The van der Waals surface area contributed by atoms with E-state index in [0.29, 0.717) is 4.88 Å². The van der Waals surface area contributed by atoms with Crippen molar-refractivity contribution in [1.29, 1.82) is 0 Å². The van der Waals surface area contributed by atoms with Crippen molar-refractivity contribution in [3.8, 4) is 27.4 Å². The predicted octanol–water partition coefficient (Wildman–Crippen LogP) is 6.21. The molecule has 0 bridgehead atoms. The number of nitrogens with zero attached hydrogens (tertiary/aromatic N) is 1. The lowest BCUT2D eigenvalue weighted by atomic mass is 10.1. The third-order valence-corrected chi connectivity index (χ3v) is 6.27. The van der Waals surface area contributed by atoms with Crippen LogP contribution in [0.3, 0.4) is 0 Å². The van der Waals surface area contributed by atoms with Gasteiger partial charge in [0.05, 0.1) is 18.4 Å².